The summed E-state index contributed by atoms with van der Waals surface area (Å²) >= 11 is 0. The molecule has 1 aromatic heterocycles. The van der Waals surface area contributed by atoms with E-state index in [4.69, 9.17) is 11.5 Å². The number of aromatic amines is 1. The van der Waals surface area contributed by atoms with Crippen molar-refractivity contribution in [3.05, 3.63) is 59.9 Å². The van der Waals surface area contributed by atoms with Gasteiger partial charge in [0.05, 0.1) is 11.4 Å². The van der Waals surface area contributed by atoms with Gasteiger partial charge in [0.1, 0.15) is 0 Å². The van der Waals surface area contributed by atoms with Crippen molar-refractivity contribution in [1.29, 1.82) is 0 Å². The lowest BCUT2D eigenvalue weighted by Gasteiger charge is -2.05. The van der Waals surface area contributed by atoms with Crippen LogP contribution in [0.4, 0.5) is 11.4 Å². The van der Waals surface area contributed by atoms with Crippen LogP contribution in [0.2, 0.25) is 0 Å². The predicted octanol–water partition coefficient (Wildman–Crippen LogP) is 5.04. The zero-order valence-corrected chi connectivity index (χ0v) is 17.0. The van der Waals surface area contributed by atoms with Crippen molar-refractivity contribution in [2.45, 2.75) is 46.0 Å². The molecule has 6 N–H and O–H groups in total. The van der Waals surface area contributed by atoms with Gasteiger partial charge in [-0.25, -0.2) is 0 Å². The van der Waals surface area contributed by atoms with E-state index in [9.17, 15) is 0 Å². The predicted molar refractivity (Wildman–Crippen MR) is 122 cm³/mol. The Hall–Kier alpha value is -2.46. The zero-order chi connectivity index (χ0) is 20.1. The quantitative estimate of drug-likeness (QED) is 0.350. The summed E-state index contributed by atoms with van der Waals surface area (Å²) in [7, 11) is 0. The molecule has 1 heterocycles. The third-order valence-electron chi connectivity index (χ3n) is 4.42. The number of hydrogen-bond donors (Lipinski definition) is 4. The highest BCUT2D eigenvalue weighted by Gasteiger charge is 2.05. The zero-order valence-electron chi connectivity index (χ0n) is 17.0. The fourth-order valence-electron chi connectivity index (χ4n) is 2.94. The molecule has 0 unspecified atom stereocenters. The van der Waals surface area contributed by atoms with Gasteiger partial charge < -0.3 is 21.8 Å². The first-order chi connectivity index (χ1) is 13.1. The van der Waals surface area contributed by atoms with E-state index in [2.05, 4.69) is 43.5 Å². The molecule has 0 radical (unpaired) electrons. The van der Waals surface area contributed by atoms with Gasteiger partial charge >= 0.3 is 0 Å². The lowest BCUT2D eigenvalue weighted by Crippen LogP contribution is -2.16. The van der Waals surface area contributed by atoms with Gasteiger partial charge in [0.2, 0.25) is 0 Å². The normalized spacial score (nSPS) is 10.1. The smallest absolute Gasteiger partial charge is 0.0580 e. The third-order valence-corrected chi connectivity index (χ3v) is 4.42. The molecule has 0 spiro atoms. The Kier molecular flexibility index (Phi) is 10.7. The minimum atomic E-state index is 0.691. The van der Waals surface area contributed by atoms with Gasteiger partial charge in [0, 0.05) is 17.5 Å². The number of hydrogen-bond acceptors (Lipinski definition) is 3. The molecule has 0 fully saturated rings. The van der Waals surface area contributed by atoms with E-state index in [1.165, 1.54) is 17.5 Å². The van der Waals surface area contributed by atoms with Gasteiger partial charge in [-0.15, -0.1) is 0 Å². The largest absolute Gasteiger partial charge is 0.397 e. The molecule has 4 nitrogen and oxygen atoms in total. The van der Waals surface area contributed by atoms with E-state index in [1.807, 2.05) is 30.4 Å². The summed E-state index contributed by atoms with van der Waals surface area (Å²) in [5.41, 5.74) is 17.6. The highest BCUT2D eigenvalue weighted by Crippen LogP contribution is 2.20. The van der Waals surface area contributed by atoms with Gasteiger partial charge in [-0.05, 0) is 62.0 Å². The highest BCUT2D eigenvalue weighted by molar-refractivity contribution is 5.67. The highest BCUT2D eigenvalue weighted by atomic mass is 14.8. The molecule has 4 heteroatoms. The molecule has 1 aromatic carbocycles. The Morgan fingerprint density at radius 3 is 2.41 bits per heavy atom. The van der Waals surface area contributed by atoms with E-state index in [0.29, 0.717) is 5.69 Å². The van der Waals surface area contributed by atoms with Crippen LogP contribution in [-0.4, -0.2) is 18.1 Å². The molecule has 0 saturated heterocycles. The summed E-state index contributed by atoms with van der Waals surface area (Å²) in [6.45, 7) is 14.1. The van der Waals surface area contributed by atoms with E-state index in [1.54, 1.807) is 0 Å². The number of aryl methyl sites for hydroxylation is 2. The van der Waals surface area contributed by atoms with Crippen LogP contribution < -0.4 is 16.8 Å². The molecule has 0 aliphatic rings. The fraction of sp³-hybridized carbons (Fsp3) is 0.391. The number of anilines is 2. The van der Waals surface area contributed by atoms with Crippen molar-refractivity contribution >= 4 is 23.5 Å². The van der Waals surface area contributed by atoms with E-state index < -0.39 is 0 Å². The molecule has 0 amide bonds. The number of rotatable bonds is 10. The van der Waals surface area contributed by atoms with Crippen LogP contribution in [0.25, 0.3) is 12.2 Å². The lowest BCUT2D eigenvalue weighted by atomic mass is 10.1. The van der Waals surface area contributed by atoms with Crippen LogP contribution in [0.1, 0.15) is 55.5 Å². The maximum absolute atomic E-state index is 5.74. The number of nitrogens with two attached hydrogens (primary N) is 2. The number of aromatic nitrogens is 1. The first kappa shape index (κ1) is 22.6. The van der Waals surface area contributed by atoms with Gasteiger partial charge in [0.15, 0.2) is 0 Å². The standard InChI is InChI=1S/C14H22N2.C9H14N2/c1-4-9-15-10-7-8-12-11-16-14(6-3)13(12)5-2;1-2-4-7-5-3-6-8(10)9(7)11/h5-6,11,15-16H,2-4,7-10H2,1H3;3,5-6H,2,4,10-11H2,1H3. The molecule has 2 rings (SSSR count). The average molecular weight is 369 g/mol. The molecule has 148 valence electrons. The van der Waals surface area contributed by atoms with Crippen LogP contribution in [0.3, 0.4) is 0 Å². The monoisotopic (exact) mass is 368 g/mol. The van der Waals surface area contributed by atoms with Crippen LogP contribution in [-0.2, 0) is 12.8 Å². The lowest BCUT2D eigenvalue weighted by molar-refractivity contribution is 0.640. The number of benzene rings is 1. The maximum Gasteiger partial charge on any atom is 0.0580 e. The van der Waals surface area contributed by atoms with Crippen molar-refractivity contribution in [2.24, 2.45) is 0 Å². The summed E-state index contributed by atoms with van der Waals surface area (Å²) < 4.78 is 0. The van der Waals surface area contributed by atoms with Crippen LogP contribution >= 0.6 is 0 Å². The van der Waals surface area contributed by atoms with E-state index in [0.717, 1.165) is 55.7 Å². The first-order valence-electron chi connectivity index (χ1n) is 9.87. The third kappa shape index (κ3) is 7.35. The first-order valence-corrected chi connectivity index (χ1v) is 9.87. The minimum absolute atomic E-state index is 0.691. The molecule has 0 atom stereocenters. The van der Waals surface area contributed by atoms with Crippen molar-refractivity contribution in [3.63, 3.8) is 0 Å². The van der Waals surface area contributed by atoms with Crippen LogP contribution in [0, 0.1) is 0 Å². The molecular weight excluding hydrogens is 332 g/mol. The Labute approximate surface area is 164 Å². The topological polar surface area (TPSA) is 79.9 Å². The van der Waals surface area contributed by atoms with E-state index in [-0.39, 0.29) is 0 Å². The Bertz CT molecular complexity index is 700. The Morgan fingerprint density at radius 1 is 1.00 bits per heavy atom. The molecular formula is C23H36N4. The van der Waals surface area contributed by atoms with Crippen LogP contribution in [0.15, 0.2) is 37.6 Å². The van der Waals surface area contributed by atoms with Crippen molar-refractivity contribution < 1.29 is 0 Å². The summed E-state index contributed by atoms with van der Waals surface area (Å²) in [4.78, 5) is 3.22. The van der Waals surface area contributed by atoms with Crippen molar-refractivity contribution in [2.75, 3.05) is 24.6 Å². The van der Waals surface area contributed by atoms with E-state index >= 15 is 0 Å². The Morgan fingerprint density at radius 2 is 1.78 bits per heavy atom. The van der Waals surface area contributed by atoms with Crippen LogP contribution in [0.5, 0.6) is 0 Å². The number of nitrogen functional groups attached to an aromatic ring is 2. The summed E-state index contributed by atoms with van der Waals surface area (Å²) in [5.74, 6) is 0. The number of para-hydroxylation sites is 1. The second-order valence-electron chi connectivity index (χ2n) is 6.57. The van der Waals surface area contributed by atoms with Crippen molar-refractivity contribution in [3.8, 4) is 0 Å². The van der Waals surface area contributed by atoms with Gasteiger partial charge in [-0.3, -0.25) is 0 Å². The molecule has 2 aromatic rings. The number of nitrogens with one attached hydrogen (secondary N) is 2. The summed E-state index contributed by atoms with van der Waals surface area (Å²) in [5, 5.41) is 3.41. The van der Waals surface area contributed by atoms with Gasteiger partial charge in [0.25, 0.3) is 0 Å². The average Bonchev–Trinajstić information content (AvgIpc) is 3.08. The minimum Gasteiger partial charge on any atom is -0.397 e. The summed E-state index contributed by atoms with van der Waals surface area (Å²) in [6, 6.07) is 5.79. The SMILES string of the molecule is C=Cc1[nH]cc(CCCNCCC)c1C=C.CCCc1cccc(N)c1N. The Balaban J connectivity index is 0.000000289. The molecule has 0 saturated carbocycles. The maximum atomic E-state index is 5.74. The second-order valence-corrected chi connectivity index (χ2v) is 6.57. The second kappa shape index (κ2) is 12.8. The van der Waals surface area contributed by atoms with Gasteiger partial charge in [-0.1, -0.05) is 51.6 Å². The van der Waals surface area contributed by atoms with Gasteiger partial charge in [-0.2, -0.15) is 0 Å². The van der Waals surface area contributed by atoms with Crippen molar-refractivity contribution in [1.82, 2.24) is 10.3 Å². The molecule has 0 aliphatic carbocycles. The number of H-pyrrole nitrogens is 1. The summed E-state index contributed by atoms with van der Waals surface area (Å²) in [6.07, 6.45) is 11.4. The fourth-order valence-corrected chi connectivity index (χ4v) is 2.94. The molecule has 0 bridgehead atoms. The molecule has 27 heavy (non-hydrogen) atoms. The molecule has 0 aliphatic heterocycles.